The van der Waals surface area contributed by atoms with Crippen molar-refractivity contribution in [3.05, 3.63) is 34.3 Å². The molecule has 1 fully saturated rings. The van der Waals surface area contributed by atoms with Crippen LogP contribution in [0.1, 0.15) is 31.7 Å². The Hall–Kier alpha value is -1.07. The zero-order chi connectivity index (χ0) is 15.1. The molecule has 1 aliphatic heterocycles. The standard InChI is InChI=1S/C16H23BrN2O2/c1-12(2-3-13-4-6-14(17)7-5-13)18-16(20)19-15-8-10-21-11-9-15/h4-7,12,15H,2-3,8-11H2,1H3,(H2,18,19,20). The predicted molar refractivity (Wildman–Crippen MR) is 87.4 cm³/mol. The summed E-state index contributed by atoms with van der Waals surface area (Å²) in [5, 5.41) is 6.03. The molecule has 1 atom stereocenters. The number of urea groups is 1. The lowest BCUT2D eigenvalue weighted by atomic mass is 10.1. The summed E-state index contributed by atoms with van der Waals surface area (Å²) in [7, 11) is 0. The molecule has 0 saturated carbocycles. The Bertz CT molecular complexity index is 444. The Balaban J connectivity index is 1.67. The summed E-state index contributed by atoms with van der Waals surface area (Å²) in [6, 6.07) is 8.66. The average Bonchev–Trinajstić information content (AvgIpc) is 2.47. The van der Waals surface area contributed by atoms with Crippen molar-refractivity contribution in [3.8, 4) is 0 Å². The fraction of sp³-hybridized carbons (Fsp3) is 0.562. The van der Waals surface area contributed by atoms with Crippen LogP contribution in [-0.2, 0) is 11.2 Å². The molecule has 0 aliphatic carbocycles. The van der Waals surface area contributed by atoms with E-state index in [1.54, 1.807) is 0 Å². The van der Waals surface area contributed by atoms with Gasteiger partial charge in [-0.3, -0.25) is 0 Å². The molecular weight excluding hydrogens is 332 g/mol. The average molecular weight is 355 g/mol. The van der Waals surface area contributed by atoms with Gasteiger partial charge in [-0.1, -0.05) is 28.1 Å². The number of amides is 2. The number of rotatable bonds is 5. The summed E-state index contributed by atoms with van der Waals surface area (Å²) in [4.78, 5) is 11.9. The van der Waals surface area contributed by atoms with Gasteiger partial charge < -0.3 is 15.4 Å². The summed E-state index contributed by atoms with van der Waals surface area (Å²) in [5.74, 6) is 0. The van der Waals surface area contributed by atoms with E-state index >= 15 is 0 Å². The molecule has 2 rings (SSSR count). The van der Waals surface area contributed by atoms with Gasteiger partial charge in [-0.25, -0.2) is 4.79 Å². The van der Waals surface area contributed by atoms with Gasteiger partial charge in [0.05, 0.1) is 0 Å². The topological polar surface area (TPSA) is 50.4 Å². The Morgan fingerprint density at radius 2 is 2.00 bits per heavy atom. The van der Waals surface area contributed by atoms with E-state index in [4.69, 9.17) is 4.74 Å². The molecule has 2 amide bonds. The van der Waals surface area contributed by atoms with Crippen LogP contribution in [0.15, 0.2) is 28.7 Å². The van der Waals surface area contributed by atoms with Gasteiger partial charge in [-0.2, -0.15) is 0 Å². The quantitative estimate of drug-likeness (QED) is 0.852. The Morgan fingerprint density at radius 1 is 1.33 bits per heavy atom. The highest BCUT2D eigenvalue weighted by atomic mass is 79.9. The second-order valence-electron chi connectivity index (χ2n) is 5.57. The van der Waals surface area contributed by atoms with Crippen molar-refractivity contribution in [1.29, 1.82) is 0 Å². The van der Waals surface area contributed by atoms with Gasteiger partial charge in [-0.15, -0.1) is 0 Å². The van der Waals surface area contributed by atoms with Crippen molar-refractivity contribution in [2.24, 2.45) is 0 Å². The molecule has 1 aromatic rings. The highest BCUT2D eigenvalue weighted by Crippen LogP contribution is 2.12. The number of benzene rings is 1. The van der Waals surface area contributed by atoms with Gasteiger partial charge in [-0.05, 0) is 50.3 Å². The fourth-order valence-electron chi connectivity index (χ4n) is 2.40. The minimum atomic E-state index is -0.0646. The minimum Gasteiger partial charge on any atom is -0.381 e. The SMILES string of the molecule is CC(CCc1ccc(Br)cc1)NC(=O)NC1CCOCC1. The van der Waals surface area contributed by atoms with Crippen LogP contribution in [0.2, 0.25) is 0 Å². The predicted octanol–water partition coefficient (Wildman–Crippen LogP) is 3.25. The second-order valence-corrected chi connectivity index (χ2v) is 6.49. The molecule has 0 aromatic heterocycles. The Labute approximate surface area is 134 Å². The number of hydrogen-bond donors (Lipinski definition) is 2. The fourth-order valence-corrected chi connectivity index (χ4v) is 2.66. The van der Waals surface area contributed by atoms with Gasteiger partial charge in [0.1, 0.15) is 0 Å². The van der Waals surface area contributed by atoms with Crippen molar-refractivity contribution >= 4 is 22.0 Å². The Morgan fingerprint density at radius 3 is 2.67 bits per heavy atom. The zero-order valence-corrected chi connectivity index (χ0v) is 14.0. The van der Waals surface area contributed by atoms with E-state index in [9.17, 15) is 4.79 Å². The molecule has 2 N–H and O–H groups in total. The summed E-state index contributed by atoms with van der Waals surface area (Å²) < 4.78 is 6.37. The normalized spacial score (nSPS) is 17.2. The molecule has 1 saturated heterocycles. The second kappa shape index (κ2) is 8.39. The molecule has 1 aliphatic rings. The number of carbonyl (C=O) groups is 1. The molecule has 116 valence electrons. The van der Waals surface area contributed by atoms with E-state index in [0.717, 1.165) is 43.4 Å². The van der Waals surface area contributed by atoms with Crippen LogP contribution < -0.4 is 10.6 Å². The van der Waals surface area contributed by atoms with Crippen LogP contribution in [0.5, 0.6) is 0 Å². The maximum absolute atomic E-state index is 11.9. The summed E-state index contributed by atoms with van der Waals surface area (Å²) >= 11 is 3.43. The first-order valence-corrected chi connectivity index (χ1v) is 8.32. The summed E-state index contributed by atoms with van der Waals surface area (Å²) in [6.07, 6.45) is 3.70. The van der Waals surface area contributed by atoms with E-state index < -0.39 is 0 Å². The smallest absolute Gasteiger partial charge is 0.315 e. The van der Waals surface area contributed by atoms with E-state index in [1.807, 2.05) is 19.1 Å². The van der Waals surface area contributed by atoms with Crippen LogP contribution >= 0.6 is 15.9 Å². The molecule has 0 bridgehead atoms. The van der Waals surface area contributed by atoms with Gasteiger partial charge in [0.2, 0.25) is 0 Å². The first-order chi connectivity index (χ1) is 10.1. The van der Waals surface area contributed by atoms with Crippen LogP contribution in [0.4, 0.5) is 4.79 Å². The van der Waals surface area contributed by atoms with Crippen molar-refractivity contribution in [3.63, 3.8) is 0 Å². The first kappa shape index (κ1) is 16.3. The lowest BCUT2D eigenvalue weighted by Crippen LogP contribution is -2.47. The minimum absolute atomic E-state index is 0.0646. The third-order valence-corrected chi connectivity index (χ3v) is 4.24. The molecule has 1 aromatic carbocycles. The molecule has 21 heavy (non-hydrogen) atoms. The highest BCUT2D eigenvalue weighted by Gasteiger charge is 2.16. The van der Waals surface area contributed by atoms with E-state index in [-0.39, 0.29) is 18.1 Å². The molecule has 1 unspecified atom stereocenters. The van der Waals surface area contributed by atoms with Crippen LogP contribution in [0.25, 0.3) is 0 Å². The van der Waals surface area contributed by atoms with E-state index in [0.29, 0.717) is 0 Å². The third-order valence-electron chi connectivity index (χ3n) is 3.71. The molecule has 4 nitrogen and oxygen atoms in total. The van der Waals surface area contributed by atoms with E-state index in [1.165, 1.54) is 5.56 Å². The number of hydrogen-bond acceptors (Lipinski definition) is 2. The number of ether oxygens (including phenoxy) is 1. The summed E-state index contributed by atoms with van der Waals surface area (Å²) in [5.41, 5.74) is 1.29. The van der Waals surface area contributed by atoms with Crippen LogP contribution in [-0.4, -0.2) is 31.3 Å². The lowest BCUT2D eigenvalue weighted by Gasteiger charge is -2.24. The molecule has 0 radical (unpaired) electrons. The van der Waals surface area contributed by atoms with Crippen molar-refractivity contribution < 1.29 is 9.53 Å². The first-order valence-electron chi connectivity index (χ1n) is 7.52. The largest absolute Gasteiger partial charge is 0.381 e. The molecule has 1 heterocycles. The molecule has 0 spiro atoms. The number of aryl methyl sites for hydroxylation is 1. The lowest BCUT2D eigenvalue weighted by molar-refractivity contribution is 0.0800. The molecular formula is C16H23BrN2O2. The zero-order valence-electron chi connectivity index (χ0n) is 12.4. The van der Waals surface area contributed by atoms with Crippen molar-refractivity contribution in [1.82, 2.24) is 10.6 Å². The van der Waals surface area contributed by atoms with Gasteiger partial charge in [0, 0.05) is 29.8 Å². The van der Waals surface area contributed by atoms with Gasteiger partial charge >= 0.3 is 6.03 Å². The number of halogens is 1. The van der Waals surface area contributed by atoms with E-state index in [2.05, 4.69) is 38.7 Å². The Kier molecular flexibility index (Phi) is 6.51. The summed E-state index contributed by atoms with van der Waals surface area (Å²) in [6.45, 7) is 3.52. The monoisotopic (exact) mass is 354 g/mol. The van der Waals surface area contributed by atoms with Gasteiger partial charge in [0.25, 0.3) is 0 Å². The number of carbonyl (C=O) groups excluding carboxylic acids is 1. The maximum atomic E-state index is 11.9. The maximum Gasteiger partial charge on any atom is 0.315 e. The van der Waals surface area contributed by atoms with Crippen LogP contribution in [0.3, 0.4) is 0 Å². The highest BCUT2D eigenvalue weighted by molar-refractivity contribution is 9.10. The third kappa shape index (κ3) is 6.06. The van der Waals surface area contributed by atoms with Crippen molar-refractivity contribution in [2.75, 3.05) is 13.2 Å². The molecule has 5 heteroatoms. The van der Waals surface area contributed by atoms with Crippen LogP contribution in [0, 0.1) is 0 Å². The van der Waals surface area contributed by atoms with Gasteiger partial charge in [0.15, 0.2) is 0 Å². The van der Waals surface area contributed by atoms with Crippen molar-refractivity contribution in [2.45, 2.75) is 44.7 Å². The number of nitrogens with one attached hydrogen (secondary N) is 2.